The molecule has 1 saturated carbocycles. The van der Waals surface area contributed by atoms with Crippen LogP contribution < -0.4 is 0 Å². The molecule has 12 heavy (non-hydrogen) atoms. The third-order valence-electron chi connectivity index (χ3n) is 2.90. The lowest BCUT2D eigenvalue weighted by Crippen LogP contribution is -2.23. The van der Waals surface area contributed by atoms with E-state index in [0.717, 1.165) is 18.4 Å². The first-order valence-electron chi connectivity index (χ1n) is 4.42. The smallest absolute Gasteiger partial charge is 0.307 e. The van der Waals surface area contributed by atoms with E-state index < -0.39 is 5.97 Å². The van der Waals surface area contributed by atoms with Crippen molar-refractivity contribution in [1.29, 1.82) is 0 Å². The zero-order chi connectivity index (χ0) is 9.30. The summed E-state index contributed by atoms with van der Waals surface area (Å²) in [5.41, 5.74) is 1.02. The Kier molecular flexibility index (Phi) is 2.55. The molecule has 3 atom stereocenters. The molecule has 0 aliphatic heterocycles. The summed E-state index contributed by atoms with van der Waals surface area (Å²) in [7, 11) is 0. The van der Waals surface area contributed by atoms with E-state index in [-0.39, 0.29) is 11.8 Å². The quantitative estimate of drug-likeness (QED) is 0.642. The Hall–Kier alpha value is -0.790. The maximum atomic E-state index is 10.9. The van der Waals surface area contributed by atoms with Crippen LogP contribution in [0.15, 0.2) is 12.2 Å². The van der Waals surface area contributed by atoms with E-state index in [1.165, 1.54) is 0 Å². The predicted molar refractivity (Wildman–Crippen MR) is 47.8 cm³/mol. The molecular formula is C10H16O2. The highest BCUT2D eigenvalue weighted by Gasteiger charge is 2.38. The van der Waals surface area contributed by atoms with E-state index in [0.29, 0.717) is 5.92 Å². The molecule has 3 unspecified atom stereocenters. The summed E-state index contributed by atoms with van der Waals surface area (Å²) in [4.78, 5) is 10.9. The second kappa shape index (κ2) is 3.30. The minimum atomic E-state index is -0.659. The molecule has 1 aliphatic rings. The van der Waals surface area contributed by atoms with Gasteiger partial charge in [-0.2, -0.15) is 0 Å². The van der Waals surface area contributed by atoms with Crippen LogP contribution in [-0.2, 0) is 4.79 Å². The minimum Gasteiger partial charge on any atom is -0.481 e. The normalized spacial score (nSPS) is 35.0. The van der Waals surface area contributed by atoms with Gasteiger partial charge in [-0.25, -0.2) is 0 Å². The lowest BCUT2D eigenvalue weighted by molar-refractivity contribution is -0.143. The van der Waals surface area contributed by atoms with Gasteiger partial charge in [-0.3, -0.25) is 4.79 Å². The van der Waals surface area contributed by atoms with Gasteiger partial charge < -0.3 is 5.11 Å². The van der Waals surface area contributed by atoms with Crippen molar-refractivity contribution >= 4 is 5.97 Å². The van der Waals surface area contributed by atoms with Crippen molar-refractivity contribution in [3.05, 3.63) is 12.2 Å². The third-order valence-corrected chi connectivity index (χ3v) is 2.90. The van der Waals surface area contributed by atoms with Crippen molar-refractivity contribution in [2.24, 2.45) is 17.8 Å². The van der Waals surface area contributed by atoms with Crippen molar-refractivity contribution in [3.63, 3.8) is 0 Å². The maximum Gasteiger partial charge on any atom is 0.307 e. The Bertz CT molecular complexity index is 208. The molecule has 1 rings (SSSR count). The van der Waals surface area contributed by atoms with Gasteiger partial charge in [-0.05, 0) is 31.6 Å². The van der Waals surface area contributed by atoms with Crippen LogP contribution in [0, 0.1) is 17.8 Å². The summed E-state index contributed by atoms with van der Waals surface area (Å²) in [6.07, 6.45) is 2.02. The highest BCUT2D eigenvalue weighted by molar-refractivity contribution is 5.71. The van der Waals surface area contributed by atoms with Gasteiger partial charge in [0.25, 0.3) is 0 Å². The van der Waals surface area contributed by atoms with Crippen LogP contribution >= 0.6 is 0 Å². The molecule has 0 aromatic heterocycles. The first kappa shape index (κ1) is 9.30. The van der Waals surface area contributed by atoms with Crippen LogP contribution in [0.2, 0.25) is 0 Å². The van der Waals surface area contributed by atoms with Gasteiger partial charge in [0, 0.05) is 0 Å². The molecule has 0 saturated heterocycles. The largest absolute Gasteiger partial charge is 0.481 e. The Morgan fingerprint density at radius 3 is 2.42 bits per heavy atom. The van der Waals surface area contributed by atoms with Crippen LogP contribution in [0.4, 0.5) is 0 Å². The second-order valence-electron chi connectivity index (χ2n) is 3.87. The van der Waals surface area contributed by atoms with Gasteiger partial charge in [-0.15, -0.1) is 0 Å². The molecule has 1 N–H and O–H groups in total. The van der Waals surface area contributed by atoms with Crippen LogP contribution in [0.5, 0.6) is 0 Å². The zero-order valence-electron chi connectivity index (χ0n) is 7.71. The molecule has 0 heterocycles. The van der Waals surface area contributed by atoms with E-state index >= 15 is 0 Å². The molecular weight excluding hydrogens is 152 g/mol. The number of rotatable bonds is 2. The summed E-state index contributed by atoms with van der Waals surface area (Å²) in [5.74, 6) is -0.336. The first-order valence-corrected chi connectivity index (χ1v) is 4.42. The summed E-state index contributed by atoms with van der Waals surface area (Å²) < 4.78 is 0. The third kappa shape index (κ3) is 1.52. The number of carboxylic acids is 1. The Morgan fingerprint density at radius 1 is 1.50 bits per heavy atom. The molecule has 68 valence electrons. The first-order chi connectivity index (χ1) is 5.54. The highest BCUT2D eigenvalue weighted by atomic mass is 16.4. The average Bonchev–Trinajstić information content (AvgIpc) is 2.30. The Morgan fingerprint density at radius 2 is 2.08 bits per heavy atom. The van der Waals surface area contributed by atoms with E-state index in [2.05, 4.69) is 6.58 Å². The van der Waals surface area contributed by atoms with Crippen LogP contribution in [0.25, 0.3) is 0 Å². The van der Waals surface area contributed by atoms with Gasteiger partial charge in [0.15, 0.2) is 0 Å². The van der Waals surface area contributed by atoms with E-state index in [1.807, 2.05) is 13.8 Å². The summed E-state index contributed by atoms with van der Waals surface area (Å²) >= 11 is 0. The van der Waals surface area contributed by atoms with E-state index in [9.17, 15) is 4.79 Å². The fourth-order valence-electron chi connectivity index (χ4n) is 2.17. The predicted octanol–water partition coefficient (Wildman–Crippen LogP) is 2.31. The van der Waals surface area contributed by atoms with Crippen molar-refractivity contribution in [2.45, 2.75) is 26.7 Å². The average molecular weight is 168 g/mol. The lowest BCUT2D eigenvalue weighted by Gasteiger charge is -2.18. The topological polar surface area (TPSA) is 37.3 Å². The molecule has 0 aromatic rings. The number of carboxylic acid groups (broad SMARTS) is 1. The number of aliphatic carboxylic acids is 1. The Labute approximate surface area is 73.3 Å². The van der Waals surface area contributed by atoms with Gasteiger partial charge in [0.2, 0.25) is 0 Å². The monoisotopic (exact) mass is 168 g/mol. The zero-order valence-corrected chi connectivity index (χ0v) is 7.71. The summed E-state index contributed by atoms with van der Waals surface area (Å²) in [6.45, 7) is 7.79. The lowest BCUT2D eigenvalue weighted by atomic mass is 9.87. The number of hydrogen-bond donors (Lipinski definition) is 1. The molecule has 0 bridgehead atoms. The molecule has 0 radical (unpaired) electrons. The second-order valence-corrected chi connectivity index (χ2v) is 3.87. The minimum absolute atomic E-state index is 0.192. The van der Waals surface area contributed by atoms with Crippen molar-refractivity contribution in [1.82, 2.24) is 0 Å². The SMILES string of the molecule is C=C(C)C1CCC(C)C1C(=O)O. The van der Waals surface area contributed by atoms with Gasteiger partial charge >= 0.3 is 5.97 Å². The molecule has 0 spiro atoms. The highest BCUT2D eigenvalue weighted by Crippen LogP contribution is 2.40. The van der Waals surface area contributed by atoms with E-state index in [4.69, 9.17) is 5.11 Å². The van der Waals surface area contributed by atoms with Gasteiger partial charge in [-0.1, -0.05) is 19.1 Å². The summed E-state index contributed by atoms with van der Waals surface area (Å²) in [6, 6.07) is 0. The summed E-state index contributed by atoms with van der Waals surface area (Å²) in [5, 5.41) is 8.96. The number of hydrogen-bond acceptors (Lipinski definition) is 1. The molecule has 2 heteroatoms. The molecule has 0 amide bonds. The standard InChI is InChI=1S/C10H16O2/c1-6(2)8-5-4-7(3)9(8)10(11)12/h7-9H,1,4-5H2,2-3H3,(H,11,12). The van der Waals surface area contributed by atoms with Gasteiger partial charge in [0.1, 0.15) is 0 Å². The fourth-order valence-corrected chi connectivity index (χ4v) is 2.17. The van der Waals surface area contributed by atoms with Crippen LogP contribution in [0.3, 0.4) is 0 Å². The molecule has 2 nitrogen and oxygen atoms in total. The van der Waals surface area contributed by atoms with E-state index in [1.54, 1.807) is 0 Å². The van der Waals surface area contributed by atoms with Crippen molar-refractivity contribution in [3.8, 4) is 0 Å². The molecule has 1 fully saturated rings. The molecule has 1 aliphatic carbocycles. The van der Waals surface area contributed by atoms with Gasteiger partial charge in [0.05, 0.1) is 5.92 Å². The van der Waals surface area contributed by atoms with Crippen molar-refractivity contribution in [2.75, 3.05) is 0 Å². The van der Waals surface area contributed by atoms with Crippen LogP contribution in [-0.4, -0.2) is 11.1 Å². The molecule has 0 aromatic carbocycles. The van der Waals surface area contributed by atoms with Crippen LogP contribution in [0.1, 0.15) is 26.7 Å². The number of allylic oxidation sites excluding steroid dienone is 1. The fraction of sp³-hybridized carbons (Fsp3) is 0.700. The maximum absolute atomic E-state index is 10.9. The van der Waals surface area contributed by atoms with Crippen molar-refractivity contribution < 1.29 is 9.90 Å². The number of carbonyl (C=O) groups is 1. The Balaban J connectivity index is 2.77.